The fraction of sp³-hybridized carbons (Fsp3) is 0.231. The van der Waals surface area contributed by atoms with E-state index in [-0.39, 0.29) is 0 Å². The predicted molar refractivity (Wildman–Crippen MR) is 123 cm³/mol. The maximum Gasteiger partial charge on any atom is 0.122 e. The van der Waals surface area contributed by atoms with Gasteiger partial charge in [-0.3, -0.25) is 0 Å². The molecule has 0 spiro atoms. The van der Waals surface area contributed by atoms with E-state index < -0.39 is 0 Å². The van der Waals surface area contributed by atoms with E-state index in [0.29, 0.717) is 11.8 Å². The van der Waals surface area contributed by atoms with E-state index in [0.717, 1.165) is 31.6 Å². The van der Waals surface area contributed by atoms with E-state index in [2.05, 4.69) is 60.0 Å². The van der Waals surface area contributed by atoms with Crippen LogP contribution in [0.1, 0.15) is 49.4 Å². The molecular weight excluding hydrogens is 392 g/mol. The Morgan fingerprint density at radius 3 is 3.00 bits per heavy atom. The Kier molecular flexibility index (Phi) is 3.44. The smallest absolute Gasteiger partial charge is 0.122 e. The van der Waals surface area contributed by atoms with Crippen molar-refractivity contribution in [1.29, 1.82) is 0 Å². The molecule has 2 atom stereocenters. The predicted octanol–water partition coefficient (Wildman–Crippen LogP) is 6.94. The minimum atomic E-state index is 0.562. The molecule has 1 aliphatic heterocycles. The van der Waals surface area contributed by atoms with Crippen molar-refractivity contribution in [2.75, 3.05) is 6.61 Å². The van der Waals surface area contributed by atoms with Crippen LogP contribution in [0, 0.1) is 0 Å². The van der Waals surface area contributed by atoms with Gasteiger partial charge in [-0.05, 0) is 81.8 Å². The standard InChI is InChI=1S/C26H20OS2/c1-3-16-9-11-27-22(16)13-15(1)2-4-17-14-21-24(29-17)8-6-20-25-18-10-12-28-23(18)7-5-19(25)26(20)21/h1,3,5-8,10,12-14,19,25H,2,4,9,11H2. The number of hydrogen-bond acceptors (Lipinski definition) is 3. The van der Waals surface area contributed by atoms with Crippen LogP contribution in [0.5, 0.6) is 5.75 Å². The highest BCUT2D eigenvalue weighted by Crippen LogP contribution is 2.58. The zero-order valence-electron chi connectivity index (χ0n) is 16.0. The van der Waals surface area contributed by atoms with Gasteiger partial charge in [0.1, 0.15) is 5.75 Å². The van der Waals surface area contributed by atoms with Crippen molar-refractivity contribution >= 4 is 38.8 Å². The number of rotatable bonds is 3. The van der Waals surface area contributed by atoms with E-state index in [1.165, 1.54) is 36.5 Å². The van der Waals surface area contributed by atoms with Gasteiger partial charge in [0.25, 0.3) is 0 Å². The van der Waals surface area contributed by atoms with Crippen molar-refractivity contribution in [1.82, 2.24) is 0 Å². The van der Waals surface area contributed by atoms with Crippen LogP contribution in [0.2, 0.25) is 0 Å². The molecule has 0 fully saturated rings. The third-order valence-corrected chi connectivity index (χ3v) is 8.85. The van der Waals surface area contributed by atoms with Crippen molar-refractivity contribution in [2.24, 2.45) is 0 Å². The lowest BCUT2D eigenvalue weighted by Gasteiger charge is -2.41. The maximum absolute atomic E-state index is 5.74. The summed E-state index contributed by atoms with van der Waals surface area (Å²) in [5.41, 5.74) is 7.40. The molecule has 7 rings (SSSR count). The van der Waals surface area contributed by atoms with E-state index in [9.17, 15) is 0 Å². The van der Waals surface area contributed by atoms with E-state index >= 15 is 0 Å². The maximum atomic E-state index is 5.74. The van der Waals surface area contributed by atoms with Crippen molar-refractivity contribution in [3.63, 3.8) is 0 Å². The molecule has 3 heterocycles. The summed E-state index contributed by atoms with van der Waals surface area (Å²) in [6.07, 6.45) is 8.02. The molecule has 0 bridgehead atoms. The van der Waals surface area contributed by atoms with Gasteiger partial charge in [0.2, 0.25) is 0 Å². The number of hydrogen-bond donors (Lipinski definition) is 0. The third kappa shape index (κ3) is 2.38. The first-order chi connectivity index (χ1) is 14.3. The summed E-state index contributed by atoms with van der Waals surface area (Å²) in [5, 5.41) is 3.73. The number of ether oxygens (including phenoxy) is 1. The summed E-state index contributed by atoms with van der Waals surface area (Å²) in [6, 6.07) is 16.3. The molecule has 0 radical (unpaired) electrons. The molecule has 0 saturated heterocycles. The second-order valence-corrected chi connectivity index (χ2v) is 10.5. The Hall–Kier alpha value is -2.36. The van der Waals surface area contributed by atoms with Gasteiger partial charge in [-0.2, -0.15) is 0 Å². The molecule has 4 aromatic rings. The molecule has 1 nitrogen and oxygen atoms in total. The molecule has 29 heavy (non-hydrogen) atoms. The van der Waals surface area contributed by atoms with E-state index in [1.54, 1.807) is 11.1 Å². The quantitative estimate of drug-likeness (QED) is 0.354. The largest absolute Gasteiger partial charge is 0.493 e. The summed E-state index contributed by atoms with van der Waals surface area (Å²) >= 11 is 3.84. The normalized spacial score (nSPS) is 20.6. The lowest BCUT2D eigenvalue weighted by atomic mass is 9.62. The molecule has 2 aromatic carbocycles. The number of benzene rings is 2. The average Bonchev–Trinajstić information content (AvgIpc) is 3.46. The van der Waals surface area contributed by atoms with Crippen molar-refractivity contribution in [3.05, 3.63) is 91.5 Å². The van der Waals surface area contributed by atoms with Crippen molar-refractivity contribution in [2.45, 2.75) is 31.1 Å². The summed E-state index contributed by atoms with van der Waals surface area (Å²) in [6.45, 7) is 0.837. The highest BCUT2D eigenvalue weighted by Gasteiger charge is 2.41. The van der Waals surface area contributed by atoms with Crippen LogP contribution in [-0.2, 0) is 19.3 Å². The van der Waals surface area contributed by atoms with Crippen molar-refractivity contribution in [3.8, 4) is 5.75 Å². The fourth-order valence-corrected chi connectivity index (χ4v) is 7.28. The minimum absolute atomic E-state index is 0.562. The van der Waals surface area contributed by atoms with Gasteiger partial charge in [0, 0.05) is 32.7 Å². The summed E-state index contributed by atoms with van der Waals surface area (Å²) in [5.74, 6) is 2.24. The second kappa shape index (κ2) is 6.07. The van der Waals surface area contributed by atoms with Crippen LogP contribution in [0.25, 0.3) is 16.2 Å². The number of fused-ring (bicyclic) bond motifs is 9. The van der Waals surface area contributed by atoms with Gasteiger partial charge in [-0.15, -0.1) is 22.7 Å². The molecular formula is C26H20OS2. The fourth-order valence-electron chi connectivity index (χ4n) is 5.35. The Morgan fingerprint density at radius 2 is 2.00 bits per heavy atom. The first kappa shape index (κ1) is 16.4. The van der Waals surface area contributed by atoms with Gasteiger partial charge < -0.3 is 4.74 Å². The van der Waals surface area contributed by atoms with Crippen LogP contribution in [0.15, 0.2) is 53.9 Å². The zero-order valence-corrected chi connectivity index (χ0v) is 17.6. The molecule has 0 saturated carbocycles. The molecule has 3 heteroatoms. The third-order valence-electron chi connectivity index (χ3n) is 6.79. The number of thiophene rings is 2. The van der Waals surface area contributed by atoms with Gasteiger partial charge in [0.05, 0.1) is 6.61 Å². The Labute approximate surface area is 178 Å². The average molecular weight is 413 g/mol. The van der Waals surface area contributed by atoms with Crippen LogP contribution in [0.3, 0.4) is 0 Å². The highest BCUT2D eigenvalue weighted by molar-refractivity contribution is 7.19. The molecule has 2 aromatic heterocycles. The van der Waals surface area contributed by atoms with E-state index in [4.69, 9.17) is 4.74 Å². The molecule has 2 aliphatic carbocycles. The highest BCUT2D eigenvalue weighted by atomic mass is 32.1. The van der Waals surface area contributed by atoms with Gasteiger partial charge in [-0.1, -0.05) is 24.3 Å². The molecule has 0 amide bonds. The SMILES string of the molecule is C1=CC2c3c(ccc4sc(CCc5ccc6c(c5)OCC6)cc34)C2c2ccsc21. The van der Waals surface area contributed by atoms with Gasteiger partial charge in [-0.25, -0.2) is 0 Å². The molecule has 0 N–H and O–H groups in total. The first-order valence-electron chi connectivity index (χ1n) is 10.4. The zero-order chi connectivity index (χ0) is 18.9. The second-order valence-electron chi connectivity index (χ2n) is 8.34. The number of aryl methyl sites for hydroxylation is 2. The lowest BCUT2D eigenvalue weighted by molar-refractivity contribution is 0.356. The summed E-state index contributed by atoms with van der Waals surface area (Å²) in [7, 11) is 0. The summed E-state index contributed by atoms with van der Waals surface area (Å²) < 4.78 is 7.19. The van der Waals surface area contributed by atoms with Crippen LogP contribution < -0.4 is 4.74 Å². The van der Waals surface area contributed by atoms with Gasteiger partial charge in [0.15, 0.2) is 0 Å². The monoisotopic (exact) mass is 412 g/mol. The first-order valence-corrected chi connectivity index (χ1v) is 12.1. The van der Waals surface area contributed by atoms with Crippen LogP contribution in [0.4, 0.5) is 0 Å². The number of allylic oxidation sites excluding steroid dienone is 1. The van der Waals surface area contributed by atoms with Crippen LogP contribution in [-0.4, -0.2) is 6.61 Å². The van der Waals surface area contributed by atoms with E-state index in [1.807, 2.05) is 22.7 Å². The van der Waals surface area contributed by atoms with Crippen LogP contribution >= 0.6 is 22.7 Å². The van der Waals surface area contributed by atoms with Gasteiger partial charge >= 0.3 is 0 Å². The Balaban J connectivity index is 1.20. The Bertz CT molecular complexity index is 1310. The molecule has 3 aliphatic rings. The minimum Gasteiger partial charge on any atom is -0.493 e. The topological polar surface area (TPSA) is 9.23 Å². The molecule has 142 valence electrons. The van der Waals surface area contributed by atoms with Crippen molar-refractivity contribution < 1.29 is 4.74 Å². The Morgan fingerprint density at radius 1 is 1.00 bits per heavy atom. The lowest BCUT2D eigenvalue weighted by Crippen LogP contribution is -2.25. The summed E-state index contributed by atoms with van der Waals surface area (Å²) in [4.78, 5) is 2.94. The molecule has 2 unspecified atom stereocenters.